The van der Waals surface area contributed by atoms with Gasteiger partial charge in [0.15, 0.2) is 20.5 Å². The second-order valence-electron chi connectivity index (χ2n) is 3.21. The van der Waals surface area contributed by atoms with E-state index in [0.29, 0.717) is 0 Å². The van der Waals surface area contributed by atoms with Crippen molar-refractivity contribution in [3.8, 4) is 12.1 Å². The predicted octanol–water partition coefficient (Wildman–Crippen LogP) is -1.49. The Morgan fingerprint density at radius 1 is 1.10 bits per heavy atom. The smallest absolute Gasteiger partial charge is 0.253 e. The maximum Gasteiger partial charge on any atom is 0.719 e. The molecule has 1 aromatic heterocycles. The van der Waals surface area contributed by atoms with Crippen molar-refractivity contribution in [1.29, 1.82) is 10.5 Å². The van der Waals surface area contributed by atoms with Gasteiger partial charge in [0, 0.05) is 0 Å². The normalized spacial score (nSPS) is 10.3. The van der Waals surface area contributed by atoms with Crippen LogP contribution in [-0.2, 0) is 6.54 Å². The van der Waals surface area contributed by atoms with Crippen LogP contribution in [0.2, 0.25) is 0 Å². The van der Waals surface area contributed by atoms with Crippen LogP contribution in [0, 0.1) is 53.0 Å². The van der Waals surface area contributed by atoms with Crippen LogP contribution < -0.4 is 0 Å². The van der Waals surface area contributed by atoms with Crippen molar-refractivity contribution < 1.29 is 14.8 Å². The van der Waals surface area contributed by atoms with E-state index in [-0.39, 0.29) is 4.68 Å². The minimum Gasteiger partial charge on any atom is -0.253 e. The van der Waals surface area contributed by atoms with Gasteiger partial charge in [0.05, 0.1) is 0 Å². The van der Waals surface area contributed by atoms with Gasteiger partial charge >= 0.3 is 5.79 Å². The summed E-state index contributed by atoms with van der Waals surface area (Å²) in [6.45, 7) is -1.49. The average molecular weight is 282 g/mol. The quantitative estimate of drug-likeness (QED) is 0.346. The molecule has 0 aliphatic rings. The van der Waals surface area contributed by atoms with E-state index >= 15 is 0 Å². The van der Waals surface area contributed by atoms with Crippen LogP contribution in [0.25, 0.3) is 0 Å². The highest BCUT2D eigenvalue weighted by molar-refractivity contribution is 5.34. The molecule has 0 aliphatic carbocycles. The number of hydrogen-bond donors (Lipinski definition) is 0. The lowest BCUT2D eigenvalue weighted by molar-refractivity contribution is -0.971. The summed E-state index contributed by atoms with van der Waals surface area (Å²) >= 11 is 0. The summed E-state index contributed by atoms with van der Waals surface area (Å²) < 4.78 is 0.271. The highest BCUT2D eigenvalue weighted by Gasteiger charge is 2.71. The van der Waals surface area contributed by atoms with Crippen molar-refractivity contribution in [2.24, 2.45) is 0 Å². The highest BCUT2D eigenvalue weighted by atomic mass is 16.7. The van der Waals surface area contributed by atoms with E-state index in [4.69, 9.17) is 10.5 Å². The Kier molecular flexibility index (Phi) is 3.52. The van der Waals surface area contributed by atoms with E-state index in [9.17, 15) is 30.3 Å². The summed E-state index contributed by atoms with van der Waals surface area (Å²) in [7, 11) is 0. The first-order valence-electron chi connectivity index (χ1n) is 4.48. The van der Waals surface area contributed by atoms with Gasteiger partial charge in [-0.15, -0.1) is 5.10 Å². The molecule has 1 aromatic rings. The minimum atomic E-state index is -3.83. The van der Waals surface area contributed by atoms with E-state index in [0.717, 1.165) is 0 Å². The van der Waals surface area contributed by atoms with Gasteiger partial charge in [0.25, 0.3) is 6.54 Å². The lowest BCUT2D eigenvalue weighted by Crippen LogP contribution is -2.56. The second kappa shape index (κ2) is 4.90. The van der Waals surface area contributed by atoms with Crippen LogP contribution in [0.1, 0.15) is 11.4 Å². The van der Waals surface area contributed by atoms with Crippen LogP contribution in [0.5, 0.6) is 0 Å². The SMILES string of the molecule is N#Cc1nnn(CC([N+](=O)[O-])([N+](=O)[O-])[N+](=O)[O-])c1C#N. The third-order valence-corrected chi connectivity index (χ3v) is 2.19. The van der Waals surface area contributed by atoms with Crippen molar-refractivity contribution >= 4 is 0 Å². The molecule has 1 heterocycles. The van der Waals surface area contributed by atoms with Gasteiger partial charge < -0.3 is 0 Å². The fraction of sp³-hybridized carbons (Fsp3) is 0.333. The molecule has 0 amide bonds. The van der Waals surface area contributed by atoms with Gasteiger partial charge in [-0.25, -0.2) is 4.68 Å². The molecule has 0 aliphatic heterocycles. The molecule has 0 radical (unpaired) electrons. The van der Waals surface area contributed by atoms with Gasteiger partial charge in [-0.2, -0.15) is 10.5 Å². The number of nitrogens with zero attached hydrogens (tertiary/aromatic N) is 8. The summed E-state index contributed by atoms with van der Waals surface area (Å²) in [5, 5.41) is 55.6. The van der Waals surface area contributed by atoms with E-state index in [1.807, 2.05) is 0 Å². The maximum absolute atomic E-state index is 10.7. The molecule has 0 saturated carbocycles. The minimum absolute atomic E-state index is 0.271. The molecule has 0 N–H and O–H groups in total. The first kappa shape index (κ1) is 14.4. The second-order valence-corrected chi connectivity index (χ2v) is 3.21. The molecule has 0 atom stereocenters. The molecule has 0 unspecified atom stereocenters. The highest BCUT2D eigenvalue weighted by Crippen LogP contribution is 2.16. The Labute approximate surface area is 107 Å². The Morgan fingerprint density at radius 3 is 1.95 bits per heavy atom. The van der Waals surface area contributed by atoms with Crippen LogP contribution in [-0.4, -0.2) is 35.6 Å². The van der Waals surface area contributed by atoms with E-state index in [1.54, 1.807) is 0 Å². The van der Waals surface area contributed by atoms with E-state index < -0.39 is 38.5 Å². The standard InChI is InChI=1S/C6H2N8O6/c7-1-4-5(2-8)11(10-9-4)3-6(12(15)16,13(17)18)14(19)20/h3H2. The maximum atomic E-state index is 10.7. The Morgan fingerprint density at radius 2 is 1.60 bits per heavy atom. The van der Waals surface area contributed by atoms with Crippen LogP contribution in [0.4, 0.5) is 0 Å². The third-order valence-electron chi connectivity index (χ3n) is 2.19. The van der Waals surface area contributed by atoms with E-state index in [2.05, 4.69) is 10.3 Å². The Bertz CT molecular complexity index is 643. The lowest BCUT2D eigenvalue weighted by Gasteiger charge is -2.08. The van der Waals surface area contributed by atoms with Gasteiger partial charge in [-0.05, 0) is 0 Å². The molecule has 0 saturated heterocycles. The van der Waals surface area contributed by atoms with Crippen molar-refractivity contribution in [2.75, 3.05) is 0 Å². The number of nitro groups is 3. The van der Waals surface area contributed by atoms with Crippen molar-refractivity contribution in [2.45, 2.75) is 12.3 Å². The van der Waals surface area contributed by atoms with Crippen LogP contribution in [0.15, 0.2) is 0 Å². The molecule has 14 heteroatoms. The predicted molar refractivity (Wildman–Crippen MR) is 53.2 cm³/mol. The van der Waals surface area contributed by atoms with Crippen molar-refractivity contribution in [3.63, 3.8) is 0 Å². The van der Waals surface area contributed by atoms with Gasteiger partial charge in [-0.1, -0.05) is 5.21 Å². The number of rotatable bonds is 5. The number of hydrogen-bond acceptors (Lipinski definition) is 10. The molecule has 0 bridgehead atoms. The summed E-state index contributed by atoms with van der Waals surface area (Å²) in [6.07, 6.45) is 0. The molecule has 102 valence electrons. The van der Waals surface area contributed by atoms with Crippen LogP contribution >= 0.6 is 0 Å². The largest absolute Gasteiger partial charge is 0.719 e. The van der Waals surface area contributed by atoms with Gasteiger partial charge in [0.1, 0.15) is 12.1 Å². The first-order chi connectivity index (χ1) is 9.31. The topological polar surface area (TPSA) is 208 Å². The molecule has 0 aromatic carbocycles. The van der Waals surface area contributed by atoms with Gasteiger partial charge in [0.2, 0.25) is 5.69 Å². The van der Waals surface area contributed by atoms with Crippen LogP contribution in [0.3, 0.4) is 0 Å². The fourth-order valence-electron chi connectivity index (χ4n) is 1.18. The van der Waals surface area contributed by atoms with Gasteiger partial charge in [-0.3, -0.25) is 30.3 Å². The Hall–Kier alpha value is -3.68. The molecule has 14 nitrogen and oxygen atoms in total. The molecule has 20 heavy (non-hydrogen) atoms. The molecule has 0 fully saturated rings. The fourth-order valence-corrected chi connectivity index (χ4v) is 1.18. The molecular formula is C6H2N8O6. The Balaban J connectivity index is 3.44. The zero-order valence-corrected chi connectivity index (χ0v) is 9.23. The number of aromatic nitrogens is 3. The molecule has 1 rings (SSSR count). The number of nitriles is 2. The zero-order chi connectivity index (χ0) is 15.5. The van der Waals surface area contributed by atoms with Crippen molar-refractivity contribution in [3.05, 3.63) is 41.7 Å². The monoisotopic (exact) mass is 282 g/mol. The zero-order valence-electron chi connectivity index (χ0n) is 9.23. The average Bonchev–Trinajstić information content (AvgIpc) is 2.75. The summed E-state index contributed by atoms with van der Waals surface area (Å²) in [5.41, 5.74) is -1.21. The summed E-state index contributed by atoms with van der Waals surface area (Å²) in [4.78, 5) is 26.9. The van der Waals surface area contributed by atoms with Crippen molar-refractivity contribution in [1.82, 2.24) is 15.0 Å². The molecular weight excluding hydrogens is 280 g/mol. The third kappa shape index (κ3) is 1.93. The lowest BCUT2D eigenvalue weighted by atomic mass is 10.3. The first-order valence-corrected chi connectivity index (χ1v) is 4.48. The summed E-state index contributed by atoms with van der Waals surface area (Å²) in [6, 6.07) is 2.80. The molecule has 0 spiro atoms. The van der Waals surface area contributed by atoms with E-state index in [1.165, 1.54) is 12.1 Å². The summed E-state index contributed by atoms with van der Waals surface area (Å²) in [5.74, 6) is -3.83.